The maximum Gasteiger partial charge on any atom is 0.316 e. The summed E-state index contributed by atoms with van der Waals surface area (Å²) in [7, 11) is 0. The van der Waals surface area contributed by atoms with Crippen molar-refractivity contribution in [2.75, 3.05) is 17.3 Å². The SMILES string of the molecule is CCCC(O)CNc1cccc(NN)c1[N+](=O)[O-]. The molecule has 0 aliphatic carbocycles. The number of nitrogen functional groups attached to an aromatic ring is 1. The van der Waals surface area contributed by atoms with Crippen LogP contribution in [0.2, 0.25) is 0 Å². The van der Waals surface area contributed by atoms with Gasteiger partial charge in [0.2, 0.25) is 0 Å². The van der Waals surface area contributed by atoms with E-state index in [0.717, 1.165) is 6.42 Å². The van der Waals surface area contributed by atoms with Gasteiger partial charge in [0.15, 0.2) is 0 Å². The molecule has 1 unspecified atom stereocenters. The van der Waals surface area contributed by atoms with Crippen molar-refractivity contribution in [3.63, 3.8) is 0 Å². The quantitative estimate of drug-likeness (QED) is 0.333. The zero-order valence-corrected chi connectivity index (χ0v) is 10.2. The maximum atomic E-state index is 11.0. The van der Waals surface area contributed by atoms with Crippen molar-refractivity contribution in [1.29, 1.82) is 0 Å². The van der Waals surface area contributed by atoms with Crippen molar-refractivity contribution in [1.82, 2.24) is 0 Å². The van der Waals surface area contributed by atoms with Gasteiger partial charge in [-0.25, -0.2) is 0 Å². The Bertz CT molecular complexity index is 411. The van der Waals surface area contributed by atoms with Crippen molar-refractivity contribution in [3.8, 4) is 0 Å². The Kier molecular flexibility index (Phi) is 5.34. The van der Waals surface area contributed by atoms with Gasteiger partial charge in [-0.1, -0.05) is 19.4 Å². The average Bonchev–Trinajstić information content (AvgIpc) is 2.35. The van der Waals surface area contributed by atoms with Crippen LogP contribution in [0.25, 0.3) is 0 Å². The van der Waals surface area contributed by atoms with E-state index in [9.17, 15) is 15.2 Å². The highest BCUT2D eigenvalue weighted by Gasteiger charge is 2.19. The molecule has 1 rings (SSSR count). The lowest BCUT2D eigenvalue weighted by Crippen LogP contribution is -2.20. The van der Waals surface area contributed by atoms with E-state index in [1.807, 2.05) is 6.92 Å². The summed E-state index contributed by atoms with van der Waals surface area (Å²) in [5.74, 6) is 5.23. The maximum absolute atomic E-state index is 11.0. The first-order chi connectivity index (χ1) is 8.60. The Hall–Kier alpha value is -1.86. The summed E-state index contributed by atoms with van der Waals surface area (Å²) in [6, 6.07) is 4.75. The van der Waals surface area contributed by atoms with Crippen LogP contribution in [0.4, 0.5) is 17.1 Å². The Morgan fingerprint density at radius 3 is 2.72 bits per heavy atom. The average molecular weight is 254 g/mol. The van der Waals surface area contributed by atoms with E-state index < -0.39 is 11.0 Å². The summed E-state index contributed by atoms with van der Waals surface area (Å²) >= 11 is 0. The zero-order chi connectivity index (χ0) is 13.5. The molecule has 0 spiro atoms. The van der Waals surface area contributed by atoms with E-state index in [0.29, 0.717) is 12.1 Å². The van der Waals surface area contributed by atoms with Crippen molar-refractivity contribution in [2.45, 2.75) is 25.9 Å². The largest absolute Gasteiger partial charge is 0.391 e. The number of nitrogens with two attached hydrogens (primary N) is 1. The molecule has 7 heteroatoms. The number of aliphatic hydroxyl groups excluding tert-OH is 1. The molecule has 1 aromatic carbocycles. The fourth-order valence-corrected chi connectivity index (χ4v) is 1.66. The first-order valence-electron chi connectivity index (χ1n) is 5.76. The molecular formula is C11H18N4O3. The van der Waals surface area contributed by atoms with Crippen LogP contribution in [0.3, 0.4) is 0 Å². The summed E-state index contributed by atoms with van der Waals surface area (Å²) in [5.41, 5.74) is 2.73. The number of aliphatic hydroxyl groups is 1. The lowest BCUT2D eigenvalue weighted by molar-refractivity contribution is -0.383. The normalized spacial score (nSPS) is 11.9. The van der Waals surface area contributed by atoms with Gasteiger partial charge in [0.25, 0.3) is 0 Å². The molecule has 0 amide bonds. The molecule has 1 aromatic rings. The van der Waals surface area contributed by atoms with Crippen LogP contribution in [0.1, 0.15) is 19.8 Å². The van der Waals surface area contributed by atoms with E-state index >= 15 is 0 Å². The summed E-state index contributed by atoms with van der Waals surface area (Å²) < 4.78 is 0. The summed E-state index contributed by atoms with van der Waals surface area (Å²) in [4.78, 5) is 10.5. The number of rotatable bonds is 7. The Labute approximate surface area is 105 Å². The Balaban J connectivity index is 2.85. The predicted molar refractivity (Wildman–Crippen MR) is 70.3 cm³/mol. The van der Waals surface area contributed by atoms with Crippen LogP contribution >= 0.6 is 0 Å². The number of nitro groups is 1. The number of nitro benzene ring substituents is 1. The second kappa shape index (κ2) is 6.77. The fourth-order valence-electron chi connectivity index (χ4n) is 1.66. The molecule has 0 aromatic heterocycles. The molecule has 0 aliphatic rings. The van der Waals surface area contributed by atoms with E-state index in [1.165, 1.54) is 6.07 Å². The third-order valence-corrected chi connectivity index (χ3v) is 2.52. The van der Waals surface area contributed by atoms with Crippen LogP contribution in [0, 0.1) is 10.1 Å². The molecule has 18 heavy (non-hydrogen) atoms. The van der Waals surface area contributed by atoms with E-state index in [2.05, 4.69) is 10.7 Å². The van der Waals surface area contributed by atoms with Crippen LogP contribution in [-0.4, -0.2) is 22.7 Å². The van der Waals surface area contributed by atoms with Crippen LogP contribution in [0.5, 0.6) is 0 Å². The number of hydrogen-bond donors (Lipinski definition) is 4. The predicted octanol–water partition coefficient (Wildman–Crippen LogP) is 1.45. The number of nitrogens with zero attached hydrogens (tertiary/aromatic N) is 1. The highest BCUT2D eigenvalue weighted by Crippen LogP contribution is 2.32. The van der Waals surface area contributed by atoms with Gasteiger partial charge in [-0.05, 0) is 18.6 Å². The third kappa shape index (κ3) is 3.57. The zero-order valence-electron chi connectivity index (χ0n) is 10.2. The molecule has 100 valence electrons. The summed E-state index contributed by atoms with van der Waals surface area (Å²) in [5, 5.41) is 23.4. The highest BCUT2D eigenvalue weighted by molar-refractivity contribution is 5.75. The monoisotopic (exact) mass is 254 g/mol. The van der Waals surface area contributed by atoms with E-state index in [4.69, 9.17) is 5.84 Å². The van der Waals surface area contributed by atoms with Crippen LogP contribution in [-0.2, 0) is 0 Å². The lowest BCUT2D eigenvalue weighted by atomic mass is 10.2. The first-order valence-corrected chi connectivity index (χ1v) is 5.76. The van der Waals surface area contributed by atoms with Crippen LogP contribution < -0.4 is 16.6 Å². The molecule has 0 saturated heterocycles. The molecule has 0 fully saturated rings. The number of benzene rings is 1. The Morgan fingerprint density at radius 2 is 2.17 bits per heavy atom. The topological polar surface area (TPSA) is 113 Å². The number of nitrogens with one attached hydrogen (secondary N) is 2. The van der Waals surface area contributed by atoms with E-state index in [1.54, 1.807) is 12.1 Å². The standard InChI is InChI=1S/C11H18N4O3/c1-2-4-8(16)7-13-9-5-3-6-10(14-12)11(9)15(17)18/h3,5-6,8,13-14,16H,2,4,7,12H2,1H3. The molecule has 0 aliphatic heterocycles. The number of para-hydroxylation sites is 1. The second-order valence-corrected chi connectivity index (χ2v) is 3.93. The third-order valence-electron chi connectivity index (χ3n) is 2.52. The van der Waals surface area contributed by atoms with Gasteiger partial charge in [-0.15, -0.1) is 0 Å². The summed E-state index contributed by atoms with van der Waals surface area (Å²) in [6.07, 6.45) is 0.981. The minimum Gasteiger partial charge on any atom is -0.391 e. The van der Waals surface area contributed by atoms with E-state index in [-0.39, 0.29) is 17.9 Å². The molecule has 0 saturated carbocycles. The van der Waals surface area contributed by atoms with Crippen molar-refractivity contribution in [2.24, 2.45) is 5.84 Å². The number of hydrazine groups is 1. The smallest absolute Gasteiger partial charge is 0.316 e. The van der Waals surface area contributed by atoms with Gasteiger partial charge in [0, 0.05) is 6.54 Å². The molecular weight excluding hydrogens is 236 g/mol. The van der Waals surface area contributed by atoms with Gasteiger partial charge in [0.05, 0.1) is 11.0 Å². The fraction of sp³-hybridized carbons (Fsp3) is 0.455. The van der Waals surface area contributed by atoms with Crippen molar-refractivity contribution in [3.05, 3.63) is 28.3 Å². The molecule has 0 bridgehead atoms. The van der Waals surface area contributed by atoms with Crippen molar-refractivity contribution < 1.29 is 10.0 Å². The Morgan fingerprint density at radius 1 is 1.50 bits per heavy atom. The second-order valence-electron chi connectivity index (χ2n) is 3.93. The number of anilines is 2. The van der Waals surface area contributed by atoms with Gasteiger partial charge in [-0.2, -0.15) is 0 Å². The van der Waals surface area contributed by atoms with Gasteiger partial charge in [-0.3, -0.25) is 16.0 Å². The minimum absolute atomic E-state index is 0.122. The molecule has 0 radical (unpaired) electrons. The lowest BCUT2D eigenvalue weighted by Gasteiger charge is -2.13. The minimum atomic E-state index is -0.524. The van der Waals surface area contributed by atoms with Gasteiger partial charge >= 0.3 is 5.69 Å². The van der Waals surface area contributed by atoms with Crippen LogP contribution in [0.15, 0.2) is 18.2 Å². The highest BCUT2D eigenvalue weighted by atomic mass is 16.6. The molecule has 7 nitrogen and oxygen atoms in total. The summed E-state index contributed by atoms with van der Waals surface area (Å²) in [6.45, 7) is 2.23. The molecule has 0 heterocycles. The van der Waals surface area contributed by atoms with Crippen molar-refractivity contribution >= 4 is 17.1 Å². The van der Waals surface area contributed by atoms with Gasteiger partial charge < -0.3 is 15.8 Å². The number of hydrogen-bond acceptors (Lipinski definition) is 6. The molecule has 5 N–H and O–H groups in total. The molecule has 1 atom stereocenters. The first kappa shape index (κ1) is 14.2. The van der Waals surface area contributed by atoms with Gasteiger partial charge in [0.1, 0.15) is 11.4 Å².